The van der Waals surface area contributed by atoms with Crippen LogP contribution in [0.15, 0.2) is 78.9 Å². The van der Waals surface area contributed by atoms with Crippen LogP contribution in [0.2, 0.25) is 5.02 Å². The number of halogens is 1. The number of aliphatic hydroxyl groups is 2. The normalized spacial score (nSPS) is 14.4. The molecule has 3 amide bonds. The summed E-state index contributed by atoms with van der Waals surface area (Å²) in [6, 6.07) is 23.8. The fourth-order valence-electron chi connectivity index (χ4n) is 4.70. The summed E-state index contributed by atoms with van der Waals surface area (Å²) < 4.78 is 5.15. The Kier molecular flexibility index (Phi) is 13.0. The Bertz CT molecular complexity index is 1480. The van der Waals surface area contributed by atoms with Crippen molar-refractivity contribution in [3.63, 3.8) is 0 Å². The molecular weight excluding hydrogens is 580 g/mol. The number of H-pyrrole nitrogens is 1. The minimum Gasteiger partial charge on any atom is -0.491 e. The van der Waals surface area contributed by atoms with Crippen molar-refractivity contribution in [1.29, 1.82) is 0 Å². The van der Waals surface area contributed by atoms with Gasteiger partial charge in [-0.2, -0.15) is 0 Å². The maximum atomic E-state index is 12.6. The van der Waals surface area contributed by atoms with E-state index in [1.165, 1.54) is 4.90 Å². The van der Waals surface area contributed by atoms with Crippen LogP contribution in [0, 0.1) is 13.8 Å². The predicted octanol–water partition coefficient (Wildman–Crippen LogP) is 6.19. The highest BCUT2D eigenvalue weighted by Crippen LogP contribution is 2.38. The van der Waals surface area contributed by atoms with Crippen molar-refractivity contribution in [2.24, 2.45) is 0 Å². The lowest BCUT2D eigenvalue weighted by molar-refractivity contribution is -0.127. The molecule has 0 aliphatic carbocycles. The number of rotatable bonds is 9. The number of ether oxygens (including phenoxy) is 1. The molecule has 234 valence electrons. The first kappa shape index (κ1) is 34.3. The van der Waals surface area contributed by atoms with Crippen molar-refractivity contribution < 1.29 is 24.5 Å². The maximum Gasteiger partial charge on any atom is 0.325 e. The van der Waals surface area contributed by atoms with E-state index in [1.54, 1.807) is 12.1 Å². The summed E-state index contributed by atoms with van der Waals surface area (Å²) in [6.07, 6.45) is -0.801. The van der Waals surface area contributed by atoms with E-state index >= 15 is 0 Å². The lowest BCUT2D eigenvalue weighted by Crippen LogP contribution is -2.38. The van der Waals surface area contributed by atoms with Gasteiger partial charge in [0.1, 0.15) is 30.3 Å². The number of para-hydroxylation sites is 1. The Hall–Kier alpha value is -4.18. The number of carbonyl (C=O) groups excluding carboxylic acids is 2. The average Bonchev–Trinajstić information content (AvgIpc) is 3.59. The summed E-state index contributed by atoms with van der Waals surface area (Å²) in [6.45, 7) is 9.74. The first-order chi connectivity index (χ1) is 21.2. The number of hydrogen-bond acceptors (Lipinski definition) is 6. The van der Waals surface area contributed by atoms with E-state index in [0.717, 1.165) is 22.4 Å². The number of nitrogens with zero attached hydrogens (tertiary/aromatic N) is 2. The molecule has 3 atom stereocenters. The van der Waals surface area contributed by atoms with Gasteiger partial charge < -0.3 is 25.3 Å². The fraction of sp³-hybridized carbons (Fsp3) is 0.324. The van der Waals surface area contributed by atoms with Crippen molar-refractivity contribution in [2.45, 2.75) is 52.7 Å². The van der Waals surface area contributed by atoms with Gasteiger partial charge in [0.05, 0.1) is 23.9 Å². The molecule has 3 aromatic carbocycles. The second-order valence-electron chi connectivity index (χ2n) is 10.1. The van der Waals surface area contributed by atoms with Gasteiger partial charge in [-0.05, 0) is 43.2 Å². The largest absolute Gasteiger partial charge is 0.491 e. The van der Waals surface area contributed by atoms with Gasteiger partial charge in [0, 0.05) is 17.2 Å². The molecule has 1 fully saturated rings. The van der Waals surface area contributed by atoms with Gasteiger partial charge in [-0.1, -0.05) is 93.0 Å². The van der Waals surface area contributed by atoms with Gasteiger partial charge in [-0.3, -0.25) is 9.69 Å². The highest BCUT2D eigenvalue weighted by atomic mass is 35.5. The van der Waals surface area contributed by atoms with Gasteiger partial charge in [0.25, 0.3) is 5.91 Å². The van der Waals surface area contributed by atoms with Crippen LogP contribution >= 0.6 is 11.6 Å². The summed E-state index contributed by atoms with van der Waals surface area (Å²) in [5.74, 6) is 0.827. The molecule has 4 aromatic rings. The van der Waals surface area contributed by atoms with Crippen LogP contribution in [-0.2, 0) is 4.79 Å². The SMILES string of the molecule is CC.Cc1ccc(-c2nc(C(C(C)c3ccccc3)N3C(=O)CNC3=O)[nH]c2C)c(Cl)c1.OCC(O)COc1ccccc1. The molecule has 2 heterocycles. The van der Waals surface area contributed by atoms with Crippen molar-refractivity contribution in [3.8, 4) is 17.0 Å². The van der Waals surface area contributed by atoms with E-state index in [4.69, 9.17) is 31.5 Å². The van der Waals surface area contributed by atoms with Crippen LogP contribution in [0.3, 0.4) is 0 Å². The van der Waals surface area contributed by atoms with E-state index in [1.807, 2.05) is 101 Å². The number of carbonyl (C=O) groups is 2. The minimum absolute atomic E-state index is 0.00676. The zero-order valence-electron chi connectivity index (χ0n) is 25.8. The molecular formula is C34H41ClN4O5. The quantitative estimate of drug-likeness (QED) is 0.165. The summed E-state index contributed by atoms with van der Waals surface area (Å²) in [5, 5.41) is 20.7. The summed E-state index contributed by atoms with van der Waals surface area (Å²) >= 11 is 6.47. The molecule has 1 aliphatic rings. The van der Waals surface area contributed by atoms with Gasteiger partial charge in [0.2, 0.25) is 0 Å². The van der Waals surface area contributed by atoms with E-state index in [-0.39, 0.29) is 31.6 Å². The number of urea groups is 1. The zero-order chi connectivity index (χ0) is 32.2. The maximum absolute atomic E-state index is 12.6. The Balaban J connectivity index is 0.000000317. The fourth-order valence-corrected chi connectivity index (χ4v) is 5.02. The van der Waals surface area contributed by atoms with Crippen LogP contribution in [0.4, 0.5) is 4.79 Å². The van der Waals surface area contributed by atoms with E-state index < -0.39 is 18.2 Å². The number of aliphatic hydroxyl groups excluding tert-OH is 2. The van der Waals surface area contributed by atoms with Gasteiger partial charge in [-0.15, -0.1) is 0 Å². The molecule has 3 unspecified atom stereocenters. The molecule has 44 heavy (non-hydrogen) atoms. The highest BCUT2D eigenvalue weighted by Gasteiger charge is 2.41. The predicted molar refractivity (Wildman–Crippen MR) is 173 cm³/mol. The third kappa shape index (κ3) is 8.69. The number of imide groups is 1. The second kappa shape index (κ2) is 16.6. The third-order valence-electron chi connectivity index (χ3n) is 6.91. The number of hydrogen-bond donors (Lipinski definition) is 4. The number of imidazole rings is 1. The molecule has 0 radical (unpaired) electrons. The number of aromatic nitrogens is 2. The van der Waals surface area contributed by atoms with Crippen LogP contribution < -0.4 is 10.1 Å². The molecule has 9 nitrogen and oxygen atoms in total. The summed E-state index contributed by atoms with van der Waals surface area (Å²) in [5.41, 5.74) is 4.43. The Labute approximate surface area is 263 Å². The zero-order valence-corrected chi connectivity index (χ0v) is 26.5. The molecule has 0 saturated carbocycles. The first-order valence-corrected chi connectivity index (χ1v) is 15.0. The molecule has 1 aliphatic heterocycles. The highest BCUT2D eigenvalue weighted by molar-refractivity contribution is 6.33. The lowest BCUT2D eigenvalue weighted by Gasteiger charge is -2.29. The van der Waals surface area contributed by atoms with Crippen molar-refractivity contribution >= 4 is 23.5 Å². The Morgan fingerprint density at radius 3 is 2.20 bits per heavy atom. The van der Waals surface area contributed by atoms with Crippen LogP contribution in [-0.4, -0.2) is 62.9 Å². The van der Waals surface area contributed by atoms with E-state index in [0.29, 0.717) is 22.3 Å². The van der Waals surface area contributed by atoms with Gasteiger partial charge in [-0.25, -0.2) is 9.78 Å². The summed E-state index contributed by atoms with van der Waals surface area (Å²) in [4.78, 5) is 34.5. The molecule has 1 aromatic heterocycles. The van der Waals surface area contributed by atoms with Crippen molar-refractivity contribution in [3.05, 3.63) is 107 Å². The van der Waals surface area contributed by atoms with Crippen molar-refractivity contribution in [1.82, 2.24) is 20.2 Å². The number of nitrogens with one attached hydrogen (secondary N) is 2. The Morgan fingerprint density at radius 1 is 1.00 bits per heavy atom. The molecule has 4 N–H and O–H groups in total. The number of amides is 3. The Morgan fingerprint density at radius 2 is 1.64 bits per heavy atom. The summed E-state index contributed by atoms with van der Waals surface area (Å²) in [7, 11) is 0. The smallest absolute Gasteiger partial charge is 0.325 e. The number of aromatic amines is 1. The van der Waals surface area contributed by atoms with Gasteiger partial charge in [0.15, 0.2) is 0 Å². The molecule has 1 saturated heterocycles. The van der Waals surface area contributed by atoms with E-state index in [9.17, 15) is 9.59 Å². The monoisotopic (exact) mass is 620 g/mol. The van der Waals surface area contributed by atoms with E-state index in [2.05, 4.69) is 10.3 Å². The van der Waals surface area contributed by atoms with Crippen molar-refractivity contribution in [2.75, 3.05) is 19.8 Å². The molecule has 5 rings (SSSR count). The average molecular weight is 621 g/mol. The second-order valence-corrected chi connectivity index (χ2v) is 10.5. The molecule has 10 heteroatoms. The molecule has 0 bridgehead atoms. The topological polar surface area (TPSA) is 128 Å². The third-order valence-corrected chi connectivity index (χ3v) is 7.23. The van der Waals surface area contributed by atoms with Crippen LogP contribution in [0.5, 0.6) is 5.75 Å². The first-order valence-electron chi connectivity index (χ1n) is 14.6. The standard InChI is InChI=1S/C23H23ClN4O2.C9H12O3.C2H6/c1-13-9-10-17(18(24)11-13)20-15(3)26-22(27-20)21(28-19(29)12-25-23(28)30)14(2)16-7-5-4-6-8-16;10-6-8(11)7-12-9-4-2-1-3-5-9;1-2/h4-11,14,21H,12H2,1-3H3,(H,25,30)(H,26,27);1-5,8,10-11H,6-7H2;1-2H3. The van der Waals surface area contributed by atoms with Gasteiger partial charge >= 0.3 is 6.03 Å². The minimum atomic E-state index is -0.801. The number of benzene rings is 3. The van der Waals surface area contributed by atoms with Crippen LogP contribution in [0.25, 0.3) is 11.3 Å². The lowest BCUT2D eigenvalue weighted by atomic mass is 9.91. The molecule has 0 spiro atoms. The van der Waals surface area contributed by atoms with Crippen LogP contribution in [0.1, 0.15) is 55.4 Å². The number of aryl methyl sites for hydroxylation is 2.